The lowest BCUT2D eigenvalue weighted by atomic mass is 10.2. The summed E-state index contributed by atoms with van der Waals surface area (Å²) in [5.41, 5.74) is 1.76. The van der Waals surface area contributed by atoms with Crippen molar-refractivity contribution in [2.75, 3.05) is 23.9 Å². The molecular weight excluding hydrogens is 340 g/mol. The van der Waals surface area contributed by atoms with Crippen molar-refractivity contribution < 1.29 is 13.2 Å². The van der Waals surface area contributed by atoms with Crippen molar-refractivity contribution in [1.29, 1.82) is 0 Å². The Morgan fingerprint density at radius 1 is 1.36 bits per heavy atom. The van der Waals surface area contributed by atoms with Gasteiger partial charge in [0.15, 0.2) is 15.8 Å². The van der Waals surface area contributed by atoms with Gasteiger partial charge >= 0.3 is 0 Å². The molecular formula is C17H26N4O3S. The van der Waals surface area contributed by atoms with Crippen LogP contribution < -0.4 is 16.0 Å². The summed E-state index contributed by atoms with van der Waals surface area (Å²) in [6.45, 7) is 2.49. The third-order valence-corrected chi connectivity index (χ3v) is 5.71. The van der Waals surface area contributed by atoms with E-state index in [1.807, 2.05) is 31.2 Å². The molecule has 0 spiro atoms. The first-order valence-electron chi connectivity index (χ1n) is 8.48. The van der Waals surface area contributed by atoms with Gasteiger partial charge in [0.25, 0.3) is 0 Å². The highest BCUT2D eigenvalue weighted by Gasteiger charge is 2.28. The highest BCUT2D eigenvalue weighted by atomic mass is 32.2. The molecule has 1 aliphatic rings. The maximum Gasteiger partial charge on any atom is 0.224 e. The first-order valence-corrected chi connectivity index (χ1v) is 10.3. The number of rotatable bonds is 6. The van der Waals surface area contributed by atoms with Gasteiger partial charge in [-0.1, -0.05) is 19.1 Å². The van der Waals surface area contributed by atoms with Crippen LogP contribution in [-0.4, -0.2) is 44.9 Å². The van der Waals surface area contributed by atoms with Crippen molar-refractivity contribution >= 4 is 27.4 Å². The number of aliphatic imine (C=N–C) groups is 1. The number of hydrogen-bond donors (Lipinski definition) is 3. The number of guanidine groups is 1. The van der Waals surface area contributed by atoms with Gasteiger partial charge in [-0.05, 0) is 30.5 Å². The zero-order valence-corrected chi connectivity index (χ0v) is 15.5. The second-order valence-electron chi connectivity index (χ2n) is 6.17. The number of nitrogens with zero attached hydrogens (tertiary/aromatic N) is 1. The second kappa shape index (κ2) is 8.84. The molecule has 1 aliphatic heterocycles. The summed E-state index contributed by atoms with van der Waals surface area (Å²) in [6, 6.07) is 7.51. The Morgan fingerprint density at radius 2 is 2.16 bits per heavy atom. The van der Waals surface area contributed by atoms with E-state index in [0.29, 0.717) is 25.3 Å². The maximum atomic E-state index is 11.7. The summed E-state index contributed by atoms with van der Waals surface area (Å²) in [6.07, 6.45) is 1.91. The lowest BCUT2D eigenvalue weighted by Crippen LogP contribution is -2.43. The molecule has 0 bridgehead atoms. The number of amides is 1. The summed E-state index contributed by atoms with van der Waals surface area (Å²) < 4.78 is 23.1. The van der Waals surface area contributed by atoms with E-state index in [0.717, 1.165) is 17.7 Å². The van der Waals surface area contributed by atoms with Gasteiger partial charge in [-0.25, -0.2) is 8.42 Å². The van der Waals surface area contributed by atoms with E-state index in [9.17, 15) is 13.2 Å². The zero-order chi connectivity index (χ0) is 18.3. The van der Waals surface area contributed by atoms with E-state index in [1.165, 1.54) is 0 Å². The van der Waals surface area contributed by atoms with Gasteiger partial charge in [-0.15, -0.1) is 0 Å². The van der Waals surface area contributed by atoms with Gasteiger partial charge in [0.1, 0.15) is 0 Å². The molecule has 1 atom stereocenters. The quantitative estimate of drug-likeness (QED) is 0.520. The standard InChI is InChI=1S/C17H26N4O3S/c1-3-5-16(22)20-14-7-4-6-13(10-14)11-19-17(18-2)21-15-8-9-25(23,24)12-15/h4,6-7,10,15H,3,5,8-9,11-12H2,1-2H3,(H,20,22)(H2,18,19,21). The Balaban J connectivity index is 1.88. The minimum atomic E-state index is -2.92. The van der Waals surface area contributed by atoms with Crippen molar-refractivity contribution in [3.8, 4) is 0 Å². The average molecular weight is 366 g/mol. The molecule has 0 aromatic heterocycles. The van der Waals surface area contributed by atoms with E-state index in [4.69, 9.17) is 0 Å². The monoisotopic (exact) mass is 366 g/mol. The van der Waals surface area contributed by atoms with E-state index in [2.05, 4.69) is 20.9 Å². The van der Waals surface area contributed by atoms with E-state index < -0.39 is 9.84 Å². The normalized spacial score (nSPS) is 19.4. The lowest BCUT2D eigenvalue weighted by molar-refractivity contribution is -0.116. The van der Waals surface area contributed by atoms with Crippen LogP contribution in [0.1, 0.15) is 31.7 Å². The van der Waals surface area contributed by atoms with Crippen molar-refractivity contribution in [3.05, 3.63) is 29.8 Å². The molecule has 2 rings (SSSR count). The molecule has 1 aromatic rings. The van der Waals surface area contributed by atoms with Gasteiger partial charge in [0.2, 0.25) is 5.91 Å². The number of sulfone groups is 1. The topological polar surface area (TPSA) is 99.7 Å². The molecule has 1 saturated heterocycles. The van der Waals surface area contributed by atoms with E-state index in [-0.39, 0.29) is 23.5 Å². The molecule has 1 aromatic carbocycles. The molecule has 25 heavy (non-hydrogen) atoms. The van der Waals surface area contributed by atoms with Gasteiger partial charge in [-0.2, -0.15) is 0 Å². The Kier molecular flexibility index (Phi) is 6.81. The van der Waals surface area contributed by atoms with Crippen LogP contribution in [0.5, 0.6) is 0 Å². The number of nitrogens with one attached hydrogen (secondary N) is 3. The Hall–Kier alpha value is -2.09. The highest BCUT2D eigenvalue weighted by molar-refractivity contribution is 7.91. The van der Waals surface area contributed by atoms with Crippen LogP contribution in [-0.2, 0) is 21.2 Å². The summed E-state index contributed by atoms with van der Waals surface area (Å²) >= 11 is 0. The lowest BCUT2D eigenvalue weighted by Gasteiger charge is -2.16. The van der Waals surface area contributed by atoms with E-state index in [1.54, 1.807) is 7.05 Å². The molecule has 0 saturated carbocycles. The molecule has 1 fully saturated rings. The second-order valence-corrected chi connectivity index (χ2v) is 8.40. The van der Waals surface area contributed by atoms with Crippen LogP contribution >= 0.6 is 0 Å². The molecule has 0 radical (unpaired) electrons. The summed E-state index contributed by atoms with van der Waals surface area (Å²) in [5.74, 6) is 0.948. The van der Waals surface area contributed by atoms with Crippen LogP contribution in [0.3, 0.4) is 0 Å². The Bertz CT molecular complexity index is 731. The molecule has 8 heteroatoms. The van der Waals surface area contributed by atoms with Gasteiger partial charge < -0.3 is 16.0 Å². The molecule has 1 unspecified atom stereocenters. The summed E-state index contributed by atoms with van der Waals surface area (Å²) in [4.78, 5) is 15.8. The predicted molar refractivity (Wildman–Crippen MR) is 100 cm³/mol. The van der Waals surface area contributed by atoms with Crippen molar-refractivity contribution in [2.24, 2.45) is 4.99 Å². The van der Waals surface area contributed by atoms with Crippen molar-refractivity contribution in [1.82, 2.24) is 10.6 Å². The van der Waals surface area contributed by atoms with Crippen LogP contribution in [0.2, 0.25) is 0 Å². The minimum absolute atomic E-state index is 0.00697. The number of benzene rings is 1. The zero-order valence-electron chi connectivity index (χ0n) is 14.7. The molecule has 1 amide bonds. The van der Waals surface area contributed by atoms with Gasteiger partial charge in [0, 0.05) is 31.7 Å². The third-order valence-electron chi connectivity index (χ3n) is 3.94. The fraction of sp³-hybridized carbons (Fsp3) is 0.529. The maximum absolute atomic E-state index is 11.7. The van der Waals surface area contributed by atoms with Crippen LogP contribution in [0.4, 0.5) is 5.69 Å². The smallest absolute Gasteiger partial charge is 0.224 e. The molecule has 0 aliphatic carbocycles. The molecule has 7 nitrogen and oxygen atoms in total. The Morgan fingerprint density at radius 3 is 2.80 bits per heavy atom. The van der Waals surface area contributed by atoms with Crippen molar-refractivity contribution in [3.63, 3.8) is 0 Å². The molecule has 138 valence electrons. The van der Waals surface area contributed by atoms with Gasteiger partial charge in [0.05, 0.1) is 11.5 Å². The summed E-state index contributed by atoms with van der Waals surface area (Å²) in [7, 11) is -1.27. The molecule has 3 N–H and O–H groups in total. The van der Waals surface area contributed by atoms with E-state index >= 15 is 0 Å². The number of anilines is 1. The number of hydrogen-bond acceptors (Lipinski definition) is 4. The number of carbonyl (C=O) groups excluding carboxylic acids is 1. The first kappa shape index (κ1) is 19.2. The fourth-order valence-electron chi connectivity index (χ4n) is 2.69. The summed E-state index contributed by atoms with van der Waals surface area (Å²) in [5, 5.41) is 9.20. The van der Waals surface area contributed by atoms with Crippen LogP contribution in [0, 0.1) is 0 Å². The van der Waals surface area contributed by atoms with Crippen molar-refractivity contribution in [2.45, 2.75) is 38.8 Å². The fourth-order valence-corrected chi connectivity index (χ4v) is 4.37. The largest absolute Gasteiger partial charge is 0.353 e. The average Bonchev–Trinajstić information content (AvgIpc) is 2.90. The highest BCUT2D eigenvalue weighted by Crippen LogP contribution is 2.12. The number of carbonyl (C=O) groups is 1. The third kappa shape index (κ3) is 6.38. The minimum Gasteiger partial charge on any atom is -0.353 e. The Labute approximate surface area is 149 Å². The predicted octanol–water partition coefficient (Wildman–Crippen LogP) is 1.28. The first-order chi connectivity index (χ1) is 11.9. The van der Waals surface area contributed by atoms with Crippen LogP contribution in [0.15, 0.2) is 29.3 Å². The SMILES string of the molecule is CCCC(=O)Nc1cccc(CNC(=NC)NC2CCS(=O)(=O)C2)c1. The van der Waals surface area contributed by atoms with Gasteiger partial charge in [-0.3, -0.25) is 9.79 Å². The molecule has 1 heterocycles. The van der Waals surface area contributed by atoms with Crippen LogP contribution in [0.25, 0.3) is 0 Å².